The van der Waals surface area contributed by atoms with E-state index in [0.29, 0.717) is 60.6 Å². The molecule has 31 heavy (non-hydrogen) atoms. The number of sulfonamides is 1. The molecule has 3 aromatic rings. The van der Waals surface area contributed by atoms with Gasteiger partial charge in [0.1, 0.15) is 0 Å². The van der Waals surface area contributed by atoms with Crippen LogP contribution in [0, 0.1) is 18.6 Å². The van der Waals surface area contributed by atoms with Crippen molar-refractivity contribution in [3.05, 3.63) is 52.5 Å². The topological polar surface area (TPSA) is 76.5 Å². The van der Waals surface area contributed by atoms with E-state index in [4.69, 9.17) is 16.6 Å². The van der Waals surface area contributed by atoms with Crippen LogP contribution in [0.4, 0.5) is 0 Å². The third-order valence-electron chi connectivity index (χ3n) is 5.59. The van der Waals surface area contributed by atoms with Crippen molar-refractivity contribution >= 4 is 22.2 Å². The van der Waals surface area contributed by atoms with Gasteiger partial charge in [0.25, 0.3) is 0 Å². The largest absolute Gasteiger partial charge is 0.461 e. The fourth-order valence-electron chi connectivity index (χ4n) is 3.93. The second kappa shape index (κ2) is 8.70. The van der Waals surface area contributed by atoms with Crippen LogP contribution >= 0.6 is 12.2 Å². The lowest BCUT2D eigenvalue weighted by molar-refractivity contribution is 0.144. The van der Waals surface area contributed by atoms with E-state index in [2.05, 4.69) is 10.00 Å². The standard InChI is InChI=1S/C21H27N5O3S2/c1-4-25-20(18-6-5-13-29-18)22-26(21(25)30)15-23-9-11-24(12-10-23)31(27,28)19-8-7-16(2)14-17(19)3/h5-8,13-14H,4,9-12,15H2,1-3H3. The monoisotopic (exact) mass is 461 g/mol. The highest BCUT2D eigenvalue weighted by atomic mass is 32.2. The Bertz CT molecular complexity index is 1220. The summed E-state index contributed by atoms with van der Waals surface area (Å²) in [5.41, 5.74) is 1.84. The van der Waals surface area contributed by atoms with Crippen LogP contribution in [-0.2, 0) is 23.2 Å². The first-order valence-electron chi connectivity index (χ1n) is 10.3. The molecule has 1 fully saturated rings. The smallest absolute Gasteiger partial charge is 0.243 e. The zero-order valence-electron chi connectivity index (χ0n) is 18.0. The number of furan rings is 1. The molecule has 1 aromatic carbocycles. The number of benzene rings is 1. The number of aryl methyl sites for hydroxylation is 2. The Morgan fingerprint density at radius 2 is 1.87 bits per heavy atom. The summed E-state index contributed by atoms with van der Waals surface area (Å²) in [6, 6.07) is 9.15. The summed E-state index contributed by atoms with van der Waals surface area (Å²) >= 11 is 5.61. The van der Waals surface area contributed by atoms with Crippen molar-refractivity contribution in [3.63, 3.8) is 0 Å². The minimum Gasteiger partial charge on any atom is -0.461 e. The maximum Gasteiger partial charge on any atom is 0.243 e. The predicted octanol–water partition coefficient (Wildman–Crippen LogP) is 3.27. The highest BCUT2D eigenvalue weighted by Gasteiger charge is 2.30. The number of hydrogen-bond donors (Lipinski definition) is 0. The van der Waals surface area contributed by atoms with Gasteiger partial charge in [0.15, 0.2) is 16.4 Å². The maximum atomic E-state index is 13.1. The fraction of sp³-hybridized carbons (Fsp3) is 0.429. The van der Waals surface area contributed by atoms with E-state index in [0.717, 1.165) is 11.1 Å². The Labute approximate surface area is 187 Å². The number of aromatic nitrogens is 3. The summed E-state index contributed by atoms with van der Waals surface area (Å²) in [6.07, 6.45) is 1.62. The zero-order chi connectivity index (χ0) is 22.2. The van der Waals surface area contributed by atoms with E-state index >= 15 is 0 Å². The van der Waals surface area contributed by atoms with Crippen LogP contribution in [0.15, 0.2) is 45.9 Å². The molecule has 1 aliphatic heterocycles. The summed E-state index contributed by atoms with van der Waals surface area (Å²) in [5.74, 6) is 1.38. The van der Waals surface area contributed by atoms with Crippen molar-refractivity contribution in [3.8, 4) is 11.6 Å². The first-order chi connectivity index (χ1) is 14.8. The molecule has 2 aromatic heterocycles. The Balaban J connectivity index is 1.47. The molecule has 0 bridgehead atoms. The Hall–Kier alpha value is -2.27. The molecular formula is C21H27N5O3S2. The van der Waals surface area contributed by atoms with Crippen molar-refractivity contribution in [1.29, 1.82) is 0 Å². The summed E-state index contributed by atoms with van der Waals surface area (Å²) in [4.78, 5) is 2.56. The molecule has 0 radical (unpaired) electrons. The molecule has 166 valence electrons. The number of piperazine rings is 1. The van der Waals surface area contributed by atoms with Gasteiger partial charge in [-0.2, -0.15) is 4.31 Å². The molecular weight excluding hydrogens is 434 g/mol. The summed E-state index contributed by atoms with van der Waals surface area (Å²) in [6.45, 7) is 9.12. The Kier molecular flexibility index (Phi) is 6.16. The summed E-state index contributed by atoms with van der Waals surface area (Å²) < 4.78 is 37.6. The lowest BCUT2D eigenvalue weighted by atomic mass is 10.2. The highest BCUT2D eigenvalue weighted by Crippen LogP contribution is 2.23. The second-order valence-electron chi connectivity index (χ2n) is 7.76. The van der Waals surface area contributed by atoms with Crippen molar-refractivity contribution in [2.24, 2.45) is 0 Å². The fourth-order valence-corrected chi connectivity index (χ4v) is 5.88. The van der Waals surface area contributed by atoms with E-state index in [-0.39, 0.29) is 0 Å². The molecule has 0 saturated carbocycles. The average Bonchev–Trinajstić information content (AvgIpc) is 3.36. The lowest BCUT2D eigenvalue weighted by Gasteiger charge is -2.34. The Morgan fingerprint density at radius 3 is 2.48 bits per heavy atom. The van der Waals surface area contributed by atoms with Gasteiger partial charge in [0.2, 0.25) is 10.0 Å². The molecule has 1 aliphatic rings. The third-order valence-corrected chi connectivity index (χ3v) is 8.08. The highest BCUT2D eigenvalue weighted by molar-refractivity contribution is 7.89. The van der Waals surface area contributed by atoms with Crippen molar-refractivity contribution < 1.29 is 12.8 Å². The van der Waals surface area contributed by atoms with Crippen molar-refractivity contribution in [2.75, 3.05) is 26.2 Å². The van der Waals surface area contributed by atoms with Gasteiger partial charge >= 0.3 is 0 Å². The molecule has 1 saturated heterocycles. The number of hydrogen-bond acceptors (Lipinski definition) is 6. The van der Waals surface area contributed by atoms with Crippen LogP contribution in [0.5, 0.6) is 0 Å². The van der Waals surface area contributed by atoms with Gasteiger partial charge in [-0.25, -0.2) is 13.1 Å². The first-order valence-corrected chi connectivity index (χ1v) is 12.2. The lowest BCUT2D eigenvalue weighted by Crippen LogP contribution is -2.49. The molecule has 0 aliphatic carbocycles. The minimum absolute atomic E-state index is 0.388. The molecule has 0 atom stereocenters. The van der Waals surface area contributed by atoms with E-state index in [1.807, 2.05) is 49.6 Å². The quantitative estimate of drug-likeness (QED) is 0.525. The van der Waals surface area contributed by atoms with E-state index in [1.165, 1.54) is 0 Å². The van der Waals surface area contributed by atoms with Gasteiger partial charge in [-0.1, -0.05) is 17.7 Å². The zero-order valence-corrected chi connectivity index (χ0v) is 19.6. The summed E-state index contributed by atoms with van der Waals surface area (Å²) in [7, 11) is -3.50. The van der Waals surface area contributed by atoms with E-state index < -0.39 is 10.0 Å². The SMILES string of the molecule is CCn1c(-c2ccco2)nn(CN2CCN(S(=O)(=O)c3ccc(C)cc3C)CC2)c1=S. The predicted molar refractivity (Wildman–Crippen MR) is 121 cm³/mol. The third kappa shape index (κ3) is 4.25. The van der Waals surface area contributed by atoms with Gasteiger partial charge < -0.3 is 4.42 Å². The first kappa shape index (κ1) is 21.9. The van der Waals surface area contributed by atoms with Gasteiger partial charge in [-0.3, -0.25) is 9.47 Å². The normalized spacial score (nSPS) is 16.1. The molecule has 4 rings (SSSR count). The number of nitrogens with zero attached hydrogens (tertiary/aromatic N) is 5. The Morgan fingerprint density at radius 1 is 1.13 bits per heavy atom. The van der Waals surface area contributed by atoms with Gasteiger partial charge in [-0.15, -0.1) is 5.10 Å². The molecule has 8 nitrogen and oxygen atoms in total. The number of rotatable bonds is 6. The minimum atomic E-state index is -3.50. The van der Waals surface area contributed by atoms with Crippen molar-refractivity contribution in [1.82, 2.24) is 23.6 Å². The van der Waals surface area contributed by atoms with Crippen molar-refractivity contribution in [2.45, 2.75) is 38.9 Å². The molecule has 0 spiro atoms. The summed E-state index contributed by atoms with van der Waals surface area (Å²) in [5, 5.41) is 4.66. The molecule has 10 heteroatoms. The van der Waals surface area contributed by atoms with Crippen LogP contribution in [0.25, 0.3) is 11.6 Å². The maximum absolute atomic E-state index is 13.1. The van der Waals surface area contributed by atoms with Gasteiger partial charge in [-0.05, 0) is 56.8 Å². The van der Waals surface area contributed by atoms with Crippen LogP contribution in [0.3, 0.4) is 0 Å². The van der Waals surface area contributed by atoms with E-state index in [9.17, 15) is 8.42 Å². The van der Waals surface area contributed by atoms with Gasteiger partial charge in [0.05, 0.1) is 17.8 Å². The second-order valence-corrected chi connectivity index (χ2v) is 10.0. The van der Waals surface area contributed by atoms with Crippen LogP contribution in [0.2, 0.25) is 0 Å². The molecule has 0 N–H and O–H groups in total. The van der Waals surface area contributed by atoms with Crippen LogP contribution in [-0.4, -0.2) is 58.1 Å². The van der Waals surface area contributed by atoms with Crippen LogP contribution in [0.1, 0.15) is 18.1 Å². The molecule has 0 unspecified atom stereocenters. The molecule has 3 heterocycles. The van der Waals surface area contributed by atoms with Crippen LogP contribution < -0.4 is 0 Å². The van der Waals surface area contributed by atoms with Gasteiger partial charge in [0, 0.05) is 32.7 Å². The average molecular weight is 462 g/mol. The molecule has 0 amide bonds. The van der Waals surface area contributed by atoms with E-state index in [1.54, 1.807) is 21.3 Å².